The lowest BCUT2D eigenvalue weighted by Gasteiger charge is -2.11. The molecule has 0 atom stereocenters. The van der Waals surface area contributed by atoms with Gasteiger partial charge in [-0.05, 0) is 61.7 Å². The van der Waals surface area contributed by atoms with Gasteiger partial charge in [-0.25, -0.2) is 5.43 Å². The van der Waals surface area contributed by atoms with Crippen LogP contribution in [0.25, 0.3) is 5.69 Å². The van der Waals surface area contributed by atoms with Crippen LogP contribution in [0.1, 0.15) is 42.3 Å². The Hall–Kier alpha value is -3.58. The highest BCUT2D eigenvalue weighted by Gasteiger charge is 2.14. The summed E-state index contributed by atoms with van der Waals surface area (Å²) in [6.07, 6.45) is 1.51. The zero-order chi connectivity index (χ0) is 24.1. The van der Waals surface area contributed by atoms with Crippen LogP contribution in [0.15, 0.2) is 53.6 Å². The molecule has 1 heterocycles. The van der Waals surface area contributed by atoms with E-state index in [1.54, 1.807) is 25.3 Å². The SMILES string of the molecule is COc1ccc(-n2c(C)cc(/C=N\NC(=O)C(=O)Nc3ccc(C(C)C)cc3)c2C)cc1Cl. The van der Waals surface area contributed by atoms with E-state index >= 15 is 0 Å². The van der Waals surface area contributed by atoms with Crippen molar-refractivity contribution < 1.29 is 14.3 Å². The van der Waals surface area contributed by atoms with Crippen molar-refractivity contribution in [2.45, 2.75) is 33.6 Å². The van der Waals surface area contributed by atoms with Crippen LogP contribution in [0.3, 0.4) is 0 Å². The Morgan fingerprint density at radius 1 is 1.06 bits per heavy atom. The largest absolute Gasteiger partial charge is 0.495 e. The molecular formula is C25H27ClN4O3. The topological polar surface area (TPSA) is 84.7 Å². The number of hydrazone groups is 1. The first-order chi connectivity index (χ1) is 15.7. The van der Waals surface area contributed by atoms with Gasteiger partial charge in [0.1, 0.15) is 5.75 Å². The molecule has 0 aliphatic rings. The van der Waals surface area contributed by atoms with Crippen molar-refractivity contribution in [2.24, 2.45) is 5.10 Å². The molecule has 172 valence electrons. The number of amides is 2. The molecular weight excluding hydrogens is 440 g/mol. The number of aromatic nitrogens is 1. The van der Waals surface area contributed by atoms with Gasteiger partial charge >= 0.3 is 11.8 Å². The monoisotopic (exact) mass is 466 g/mol. The van der Waals surface area contributed by atoms with Crippen molar-refractivity contribution in [1.29, 1.82) is 0 Å². The summed E-state index contributed by atoms with van der Waals surface area (Å²) >= 11 is 6.27. The van der Waals surface area contributed by atoms with Gasteiger partial charge in [0.2, 0.25) is 0 Å². The maximum atomic E-state index is 12.1. The summed E-state index contributed by atoms with van der Waals surface area (Å²) in [7, 11) is 1.57. The number of nitrogens with zero attached hydrogens (tertiary/aromatic N) is 2. The second-order valence-corrected chi connectivity index (χ2v) is 8.32. The number of anilines is 1. The predicted octanol–water partition coefficient (Wildman–Crippen LogP) is 4.97. The number of methoxy groups -OCH3 is 1. The lowest BCUT2D eigenvalue weighted by atomic mass is 10.0. The van der Waals surface area contributed by atoms with Gasteiger partial charge in [-0.2, -0.15) is 5.10 Å². The van der Waals surface area contributed by atoms with E-state index in [4.69, 9.17) is 16.3 Å². The van der Waals surface area contributed by atoms with E-state index in [1.165, 1.54) is 6.21 Å². The summed E-state index contributed by atoms with van der Waals surface area (Å²) in [6.45, 7) is 8.06. The fraction of sp³-hybridized carbons (Fsp3) is 0.240. The number of hydrogen-bond donors (Lipinski definition) is 2. The summed E-state index contributed by atoms with van der Waals surface area (Å²) in [5.74, 6) is -0.657. The number of aryl methyl sites for hydroxylation is 1. The maximum Gasteiger partial charge on any atom is 0.329 e. The Morgan fingerprint density at radius 3 is 2.36 bits per heavy atom. The zero-order valence-corrected chi connectivity index (χ0v) is 20.0. The van der Waals surface area contributed by atoms with Crippen LogP contribution in [-0.4, -0.2) is 29.7 Å². The Labute approximate surface area is 198 Å². The number of hydrogen-bond acceptors (Lipinski definition) is 4. The first-order valence-electron chi connectivity index (χ1n) is 10.5. The molecule has 0 saturated carbocycles. The minimum Gasteiger partial charge on any atom is -0.495 e. The third-order valence-corrected chi connectivity index (χ3v) is 5.57. The molecule has 0 aliphatic heterocycles. The van der Waals surface area contributed by atoms with Crippen LogP contribution < -0.4 is 15.5 Å². The van der Waals surface area contributed by atoms with Crippen LogP contribution in [0.2, 0.25) is 5.02 Å². The second-order valence-electron chi connectivity index (χ2n) is 7.91. The number of benzene rings is 2. The first-order valence-corrected chi connectivity index (χ1v) is 10.9. The van der Waals surface area contributed by atoms with E-state index < -0.39 is 11.8 Å². The molecule has 3 rings (SSSR count). The molecule has 2 amide bonds. The third kappa shape index (κ3) is 5.62. The Balaban J connectivity index is 1.66. The zero-order valence-electron chi connectivity index (χ0n) is 19.3. The third-order valence-electron chi connectivity index (χ3n) is 5.28. The highest BCUT2D eigenvalue weighted by atomic mass is 35.5. The number of carbonyl (C=O) groups is 2. The van der Waals surface area contributed by atoms with E-state index in [2.05, 4.69) is 29.7 Å². The average Bonchev–Trinajstić information content (AvgIpc) is 3.06. The van der Waals surface area contributed by atoms with E-state index in [-0.39, 0.29) is 0 Å². The van der Waals surface area contributed by atoms with E-state index in [1.807, 2.05) is 48.7 Å². The standard InChI is InChI=1S/C25H27ClN4O3/c1-15(2)18-6-8-20(9-7-18)28-24(31)25(32)29-27-14-19-12-16(3)30(17(19)4)21-10-11-23(33-5)22(26)13-21/h6-15H,1-5H3,(H,28,31)(H,29,32)/b27-14-. The van der Waals surface area contributed by atoms with Gasteiger partial charge in [-0.3, -0.25) is 9.59 Å². The molecule has 0 fully saturated rings. The number of halogens is 1. The first kappa shape index (κ1) is 24.1. The minimum atomic E-state index is -0.852. The molecule has 33 heavy (non-hydrogen) atoms. The Morgan fingerprint density at radius 2 is 1.76 bits per heavy atom. The van der Waals surface area contributed by atoms with Crippen molar-refractivity contribution in [3.63, 3.8) is 0 Å². The molecule has 0 saturated heterocycles. The molecule has 3 aromatic rings. The van der Waals surface area contributed by atoms with Gasteiger partial charge in [-0.15, -0.1) is 0 Å². The van der Waals surface area contributed by atoms with Crippen LogP contribution >= 0.6 is 11.6 Å². The van der Waals surface area contributed by atoms with Crippen molar-refractivity contribution >= 4 is 35.3 Å². The van der Waals surface area contributed by atoms with E-state index in [0.717, 1.165) is 28.2 Å². The van der Waals surface area contributed by atoms with Crippen molar-refractivity contribution in [3.8, 4) is 11.4 Å². The second kappa shape index (κ2) is 10.4. The minimum absolute atomic E-state index is 0.385. The van der Waals surface area contributed by atoms with E-state index in [0.29, 0.717) is 22.4 Å². The molecule has 2 N–H and O–H groups in total. The number of ether oxygens (including phenoxy) is 1. The van der Waals surface area contributed by atoms with Crippen molar-refractivity contribution in [3.05, 3.63) is 76.1 Å². The van der Waals surface area contributed by atoms with Gasteiger partial charge in [0, 0.05) is 28.3 Å². The fourth-order valence-electron chi connectivity index (χ4n) is 3.46. The Bertz CT molecular complexity index is 1200. The molecule has 0 unspecified atom stereocenters. The highest BCUT2D eigenvalue weighted by Crippen LogP contribution is 2.29. The summed E-state index contributed by atoms with van der Waals surface area (Å²) in [4.78, 5) is 24.3. The van der Waals surface area contributed by atoms with E-state index in [9.17, 15) is 9.59 Å². The summed E-state index contributed by atoms with van der Waals surface area (Å²) < 4.78 is 7.23. The van der Waals surface area contributed by atoms with Crippen LogP contribution in [0.4, 0.5) is 5.69 Å². The predicted molar refractivity (Wildman–Crippen MR) is 132 cm³/mol. The lowest BCUT2D eigenvalue weighted by molar-refractivity contribution is -0.136. The van der Waals surface area contributed by atoms with Crippen molar-refractivity contribution in [2.75, 3.05) is 12.4 Å². The summed E-state index contributed by atoms with van der Waals surface area (Å²) in [5.41, 5.74) is 7.51. The molecule has 8 heteroatoms. The molecule has 2 aromatic carbocycles. The van der Waals surface area contributed by atoms with Crippen molar-refractivity contribution in [1.82, 2.24) is 9.99 Å². The van der Waals surface area contributed by atoms with Gasteiger partial charge in [-0.1, -0.05) is 37.6 Å². The van der Waals surface area contributed by atoms with Crippen LogP contribution in [-0.2, 0) is 9.59 Å². The Kier molecular flexibility index (Phi) is 7.55. The molecule has 0 radical (unpaired) electrons. The van der Waals surface area contributed by atoms with Crippen LogP contribution in [0.5, 0.6) is 5.75 Å². The molecule has 7 nitrogen and oxygen atoms in total. The molecule has 0 aliphatic carbocycles. The molecule has 1 aromatic heterocycles. The number of nitrogens with one attached hydrogen (secondary N) is 2. The maximum absolute atomic E-state index is 12.1. The van der Waals surface area contributed by atoms with Gasteiger partial charge < -0.3 is 14.6 Å². The van der Waals surface area contributed by atoms with Gasteiger partial charge in [0.05, 0.1) is 18.3 Å². The molecule has 0 bridgehead atoms. The lowest BCUT2D eigenvalue weighted by Crippen LogP contribution is -2.32. The van der Waals surface area contributed by atoms with Gasteiger partial charge in [0.15, 0.2) is 0 Å². The number of rotatable bonds is 6. The molecule has 0 spiro atoms. The normalized spacial score (nSPS) is 11.1. The summed E-state index contributed by atoms with van der Waals surface area (Å²) in [5, 5.41) is 7.03. The average molecular weight is 467 g/mol. The van der Waals surface area contributed by atoms with Crippen LogP contribution in [0, 0.1) is 13.8 Å². The fourth-order valence-corrected chi connectivity index (χ4v) is 3.71. The quantitative estimate of drug-likeness (QED) is 0.305. The summed E-state index contributed by atoms with van der Waals surface area (Å²) in [6, 6.07) is 14.8. The van der Waals surface area contributed by atoms with Gasteiger partial charge in [0.25, 0.3) is 0 Å². The highest BCUT2D eigenvalue weighted by molar-refractivity contribution is 6.39. The number of carbonyl (C=O) groups excluding carboxylic acids is 2. The smallest absolute Gasteiger partial charge is 0.329 e.